The van der Waals surface area contributed by atoms with Crippen LogP contribution in [0.3, 0.4) is 0 Å². The molecule has 0 bridgehead atoms. The van der Waals surface area contributed by atoms with Gasteiger partial charge in [-0.2, -0.15) is 0 Å². The van der Waals surface area contributed by atoms with Crippen LogP contribution >= 0.6 is 0 Å². The molecule has 1 amide bonds. The van der Waals surface area contributed by atoms with Gasteiger partial charge in [-0.05, 0) is 90.6 Å². The smallest absolute Gasteiger partial charge is 0.409 e. The second kappa shape index (κ2) is 35.5. The summed E-state index contributed by atoms with van der Waals surface area (Å²) in [7, 11) is 2.18. The maximum absolute atomic E-state index is 13.1. The van der Waals surface area contributed by atoms with Crippen LogP contribution in [0.4, 0.5) is 4.79 Å². The summed E-state index contributed by atoms with van der Waals surface area (Å²) in [5.74, 6) is 0.491. The molecule has 0 radical (unpaired) electrons. The fourth-order valence-electron chi connectivity index (χ4n) is 7.08. The molecule has 1 aliphatic heterocycles. The molecule has 0 aromatic heterocycles. The molecule has 0 aliphatic carbocycles. The summed E-state index contributed by atoms with van der Waals surface area (Å²) in [5, 5.41) is 0. The van der Waals surface area contributed by atoms with Crippen molar-refractivity contribution in [1.82, 2.24) is 9.80 Å². The Balaban J connectivity index is 2.16. The molecule has 1 saturated heterocycles. The number of piperidine rings is 1. The van der Waals surface area contributed by atoms with E-state index in [0.717, 1.165) is 32.5 Å². The molecule has 1 fully saturated rings. The van der Waals surface area contributed by atoms with Crippen molar-refractivity contribution in [1.29, 1.82) is 0 Å². The Morgan fingerprint density at radius 3 is 1.35 bits per heavy atom. The van der Waals surface area contributed by atoms with Gasteiger partial charge in [-0.25, -0.2) is 4.79 Å². The van der Waals surface area contributed by atoms with Gasteiger partial charge in [0.15, 0.2) is 0 Å². The number of unbranched alkanes of at least 4 members (excludes halogenated alkanes) is 24. The average Bonchev–Trinajstić information content (AvgIpc) is 3.09. The molecule has 4 nitrogen and oxygen atoms in total. The van der Waals surface area contributed by atoms with E-state index < -0.39 is 0 Å². The number of amides is 1. The number of carbonyl (C=O) groups excluding carboxylic acids is 1. The Labute approximate surface area is 301 Å². The lowest BCUT2D eigenvalue weighted by Gasteiger charge is -2.30. The fraction of sp³-hybridized carbons (Fsp3) is 0.886. The van der Waals surface area contributed by atoms with Crippen molar-refractivity contribution in [3.8, 4) is 0 Å². The molecular formula is C44H84N2O2. The number of ether oxygens (including phenoxy) is 1. The highest BCUT2D eigenvalue weighted by Crippen LogP contribution is 2.17. The molecule has 0 aromatic rings. The van der Waals surface area contributed by atoms with Crippen LogP contribution in [0.25, 0.3) is 0 Å². The van der Waals surface area contributed by atoms with Crippen LogP contribution in [0.15, 0.2) is 24.3 Å². The van der Waals surface area contributed by atoms with Crippen molar-refractivity contribution in [3.63, 3.8) is 0 Å². The largest absolute Gasteiger partial charge is 0.449 e. The van der Waals surface area contributed by atoms with Crippen LogP contribution in [0.2, 0.25) is 0 Å². The molecule has 1 aliphatic rings. The monoisotopic (exact) mass is 673 g/mol. The van der Waals surface area contributed by atoms with Crippen LogP contribution in [-0.2, 0) is 4.74 Å². The summed E-state index contributed by atoms with van der Waals surface area (Å²) in [6.07, 6.45) is 48.8. The van der Waals surface area contributed by atoms with E-state index in [4.69, 9.17) is 4.74 Å². The quantitative estimate of drug-likeness (QED) is 0.0504. The molecule has 0 N–H and O–H groups in total. The van der Waals surface area contributed by atoms with E-state index in [1.54, 1.807) is 0 Å². The van der Waals surface area contributed by atoms with Gasteiger partial charge in [0.2, 0.25) is 0 Å². The summed E-state index contributed by atoms with van der Waals surface area (Å²) in [6.45, 7) is 9.09. The second-order valence-electron chi connectivity index (χ2n) is 15.2. The minimum absolute atomic E-state index is 0.0660. The molecule has 0 saturated carbocycles. The zero-order valence-corrected chi connectivity index (χ0v) is 32.8. The summed E-state index contributed by atoms with van der Waals surface area (Å²) >= 11 is 0. The van der Waals surface area contributed by atoms with Crippen molar-refractivity contribution in [2.24, 2.45) is 5.92 Å². The van der Waals surface area contributed by atoms with Crippen molar-refractivity contribution >= 4 is 6.09 Å². The first kappa shape index (κ1) is 44.7. The van der Waals surface area contributed by atoms with Crippen LogP contribution < -0.4 is 0 Å². The highest BCUT2D eigenvalue weighted by atomic mass is 16.6. The summed E-state index contributed by atoms with van der Waals surface area (Å²) in [6, 6.07) is 0. The lowest BCUT2D eigenvalue weighted by Crippen LogP contribution is -2.38. The Hall–Kier alpha value is -1.29. The minimum Gasteiger partial charge on any atom is -0.449 e. The molecule has 48 heavy (non-hydrogen) atoms. The van der Waals surface area contributed by atoms with E-state index in [9.17, 15) is 4.79 Å². The predicted octanol–water partition coefficient (Wildman–Crippen LogP) is 13.8. The highest BCUT2D eigenvalue weighted by molar-refractivity contribution is 5.67. The van der Waals surface area contributed by atoms with Gasteiger partial charge in [-0.1, -0.05) is 154 Å². The number of carbonyl (C=O) groups is 1. The lowest BCUT2D eigenvalue weighted by molar-refractivity contribution is 0.0689. The Morgan fingerprint density at radius 1 is 0.583 bits per heavy atom. The topological polar surface area (TPSA) is 32.8 Å². The van der Waals surface area contributed by atoms with Crippen LogP contribution in [0.5, 0.6) is 0 Å². The highest BCUT2D eigenvalue weighted by Gasteiger charge is 2.21. The van der Waals surface area contributed by atoms with E-state index in [1.807, 2.05) is 4.90 Å². The number of hydrogen-bond donors (Lipinski definition) is 0. The SMILES string of the molecule is CCCCCCCC/C=C\CCCCCCCCN(CCCCCCCC/C=C\CCCCCCCC)C(=O)OCC1CCCN(C)C1. The van der Waals surface area contributed by atoms with Crippen molar-refractivity contribution < 1.29 is 9.53 Å². The number of allylic oxidation sites excluding steroid dienone is 4. The van der Waals surface area contributed by atoms with Crippen molar-refractivity contribution in [3.05, 3.63) is 24.3 Å². The van der Waals surface area contributed by atoms with E-state index in [2.05, 4.69) is 50.1 Å². The van der Waals surface area contributed by atoms with E-state index in [1.165, 1.54) is 186 Å². The van der Waals surface area contributed by atoms with Gasteiger partial charge >= 0.3 is 6.09 Å². The molecule has 0 spiro atoms. The van der Waals surface area contributed by atoms with Crippen LogP contribution in [-0.4, -0.2) is 55.7 Å². The van der Waals surface area contributed by atoms with Gasteiger partial charge in [0.1, 0.15) is 0 Å². The zero-order valence-electron chi connectivity index (χ0n) is 32.8. The second-order valence-corrected chi connectivity index (χ2v) is 15.2. The van der Waals surface area contributed by atoms with Gasteiger partial charge < -0.3 is 14.5 Å². The van der Waals surface area contributed by atoms with E-state index in [-0.39, 0.29) is 6.09 Å². The number of hydrogen-bond acceptors (Lipinski definition) is 3. The molecule has 4 heteroatoms. The van der Waals surface area contributed by atoms with Crippen molar-refractivity contribution in [2.75, 3.05) is 39.8 Å². The zero-order chi connectivity index (χ0) is 34.6. The van der Waals surface area contributed by atoms with Crippen molar-refractivity contribution in [2.45, 2.75) is 206 Å². The number of nitrogens with zero attached hydrogens (tertiary/aromatic N) is 2. The number of rotatable bonds is 34. The average molecular weight is 673 g/mol. The van der Waals surface area contributed by atoms with Gasteiger partial charge in [0.25, 0.3) is 0 Å². The van der Waals surface area contributed by atoms with Crippen LogP contribution in [0, 0.1) is 5.92 Å². The molecule has 1 heterocycles. The van der Waals surface area contributed by atoms with E-state index in [0.29, 0.717) is 12.5 Å². The van der Waals surface area contributed by atoms with Gasteiger partial charge in [-0.3, -0.25) is 0 Å². The third-order valence-corrected chi connectivity index (χ3v) is 10.3. The molecule has 1 unspecified atom stereocenters. The Kier molecular flexibility index (Phi) is 33.1. The summed E-state index contributed by atoms with van der Waals surface area (Å²) < 4.78 is 5.90. The first-order valence-electron chi connectivity index (χ1n) is 21.6. The Bertz CT molecular complexity index is 693. The standard InChI is InChI=1S/C44H84N2O2/c1-4-6-8-10-12-14-16-18-20-22-24-26-28-30-32-34-39-46(44(47)48-42-43-37-36-38-45(3)41-43)40-35-33-31-29-27-25-23-21-19-17-15-13-11-9-7-5-2/h18-21,43H,4-17,22-42H2,1-3H3/b20-18-,21-19-. The molecular weight excluding hydrogens is 588 g/mol. The first-order chi connectivity index (χ1) is 23.7. The van der Waals surface area contributed by atoms with Crippen LogP contribution in [0.1, 0.15) is 206 Å². The third-order valence-electron chi connectivity index (χ3n) is 10.3. The maximum Gasteiger partial charge on any atom is 0.409 e. The summed E-state index contributed by atoms with van der Waals surface area (Å²) in [5.41, 5.74) is 0. The maximum atomic E-state index is 13.1. The predicted molar refractivity (Wildman–Crippen MR) is 212 cm³/mol. The summed E-state index contributed by atoms with van der Waals surface area (Å²) in [4.78, 5) is 17.5. The van der Waals surface area contributed by atoms with Gasteiger partial charge in [0, 0.05) is 25.6 Å². The Morgan fingerprint density at radius 2 is 0.958 bits per heavy atom. The third kappa shape index (κ3) is 29.6. The molecule has 1 rings (SSSR count). The minimum atomic E-state index is -0.0660. The first-order valence-corrected chi connectivity index (χ1v) is 21.6. The number of likely N-dealkylation sites (tertiary alicyclic amines) is 1. The molecule has 0 aromatic carbocycles. The lowest BCUT2D eigenvalue weighted by atomic mass is 10.00. The fourth-order valence-corrected chi connectivity index (χ4v) is 7.08. The molecule has 282 valence electrons. The van der Waals surface area contributed by atoms with E-state index >= 15 is 0 Å². The molecule has 1 atom stereocenters. The normalized spacial score (nSPS) is 15.6. The van der Waals surface area contributed by atoms with Gasteiger partial charge in [0.05, 0.1) is 6.61 Å². The van der Waals surface area contributed by atoms with Gasteiger partial charge in [-0.15, -0.1) is 0 Å².